The SMILES string of the molecule is C=CCO[C@@]12Oc3ccc(Oc4cccc([N+](=O)[O-])c4)cc3[C@H]3[C@H](CCCCO)[C@@H](CCCCO)C=C(C(=NOCc4ccccc4)C[C@@H]1SCC)[C@H]32. The van der Waals surface area contributed by atoms with Crippen LogP contribution < -0.4 is 9.47 Å². The van der Waals surface area contributed by atoms with Crippen LogP contribution in [0, 0.1) is 27.9 Å². The number of nitrogens with zero attached hydrogens (tertiary/aromatic N) is 2. The monoisotopic (exact) mass is 742 g/mol. The third-order valence-electron chi connectivity index (χ3n) is 10.5. The molecule has 11 heteroatoms. The van der Waals surface area contributed by atoms with Crippen molar-refractivity contribution in [3.63, 3.8) is 0 Å². The van der Waals surface area contributed by atoms with Gasteiger partial charge in [-0.25, -0.2) is 0 Å². The molecule has 2 aliphatic carbocycles. The first-order valence-electron chi connectivity index (χ1n) is 18.7. The van der Waals surface area contributed by atoms with Crippen LogP contribution in [0.5, 0.6) is 17.2 Å². The third-order valence-corrected chi connectivity index (χ3v) is 11.7. The van der Waals surface area contributed by atoms with Gasteiger partial charge >= 0.3 is 0 Å². The maximum absolute atomic E-state index is 11.5. The summed E-state index contributed by atoms with van der Waals surface area (Å²) in [5, 5.41) is 35.9. The molecule has 0 saturated heterocycles. The number of non-ortho nitro benzene ring substituents is 1. The summed E-state index contributed by atoms with van der Waals surface area (Å²) < 4.78 is 20.4. The predicted octanol–water partition coefficient (Wildman–Crippen LogP) is 8.97. The molecule has 1 aliphatic heterocycles. The minimum atomic E-state index is -1.04. The summed E-state index contributed by atoms with van der Waals surface area (Å²) in [6.45, 7) is 7.03. The molecule has 282 valence electrons. The highest BCUT2D eigenvalue weighted by molar-refractivity contribution is 8.00. The standard InChI is InChI=1S/C42H50N2O8S/c1-3-23-49-42-39(53-4-2)27-37(43-50-28-29-13-6-5-7-14-29)35-24-30(15-8-10-21-45)34(18-9-11-22-46)40(41(35)42)36-26-33(19-20-38(36)52-42)51-32-17-12-16-31(25-32)44(47)48/h3,5-7,12-14,16-17,19-20,24-26,30,34,39-41,45-46H,1,4,8-11,15,18,21-23,27-28H2,2H3/t30-,34+,39-,40+,41+,42+/m0/s1. The van der Waals surface area contributed by atoms with E-state index in [1.54, 1.807) is 30.0 Å². The van der Waals surface area contributed by atoms with Crippen LogP contribution in [0.25, 0.3) is 0 Å². The van der Waals surface area contributed by atoms with Crippen LogP contribution in [0.1, 0.15) is 68.9 Å². The number of nitro groups is 1. The lowest BCUT2D eigenvalue weighted by atomic mass is 9.56. The quantitative estimate of drug-likeness (QED) is 0.0535. The zero-order chi connectivity index (χ0) is 37.2. The second-order valence-electron chi connectivity index (χ2n) is 13.8. The largest absolute Gasteiger partial charge is 0.460 e. The van der Waals surface area contributed by atoms with E-state index in [-0.39, 0.29) is 47.8 Å². The van der Waals surface area contributed by atoms with Gasteiger partial charge in [0.15, 0.2) is 0 Å². The van der Waals surface area contributed by atoms with Crippen LogP contribution in [0.15, 0.2) is 102 Å². The van der Waals surface area contributed by atoms with Gasteiger partial charge < -0.3 is 29.3 Å². The molecule has 0 amide bonds. The predicted molar refractivity (Wildman–Crippen MR) is 207 cm³/mol. The highest BCUT2D eigenvalue weighted by atomic mass is 32.2. The van der Waals surface area contributed by atoms with Gasteiger partial charge in [-0.05, 0) is 78.7 Å². The Hall–Kier alpha value is -4.16. The van der Waals surface area contributed by atoms with Crippen molar-refractivity contribution in [3.05, 3.63) is 118 Å². The summed E-state index contributed by atoms with van der Waals surface area (Å²) in [6.07, 6.45) is 9.58. The minimum absolute atomic E-state index is 0.0485. The van der Waals surface area contributed by atoms with Gasteiger partial charge in [0, 0.05) is 37.2 Å². The lowest BCUT2D eigenvalue weighted by Crippen LogP contribution is -2.64. The molecule has 0 unspecified atom stereocenters. The average molecular weight is 743 g/mol. The number of aliphatic hydroxyl groups excluding tert-OH is 2. The van der Waals surface area contributed by atoms with Crippen LogP contribution in [0.2, 0.25) is 0 Å². The lowest BCUT2D eigenvalue weighted by Gasteiger charge is -2.58. The van der Waals surface area contributed by atoms with Crippen molar-refractivity contribution in [1.82, 2.24) is 0 Å². The van der Waals surface area contributed by atoms with Crippen molar-refractivity contribution in [2.24, 2.45) is 22.9 Å². The fourth-order valence-electron chi connectivity index (χ4n) is 8.30. The van der Waals surface area contributed by atoms with Gasteiger partial charge in [-0.15, -0.1) is 6.58 Å². The third kappa shape index (κ3) is 8.64. The summed E-state index contributed by atoms with van der Waals surface area (Å²) >= 11 is 1.79. The number of hydrogen-bond donors (Lipinski definition) is 2. The first kappa shape index (κ1) is 38.6. The lowest BCUT2D eigenvalue weighted by molar-refractivity contribution is -0.384. The fourth-order valence-corrected chi connectivity index (χ4v) is 9.47. The smallest absolute Gasteiger partial charge is 0.273 e. The van der Waals surface area contributed by atoms with Crippen molar-refractivity contribution in [2.45, 2.75) is 75.4 Å². The molecule has 3 aromatic carbocycles. The van der Waals surface area contributed by atoms with Gasteiger partial charge in [-0.3, -0.25) is 10.1 Å². The Balaban J connectivity index is 1.50. The van der Waals surface area contributed by atoms with Gasteiger partial charge in [0.2, 0.25) is 5.79 Å². The number of fused-ring (bicyclic) bond motifs is 2. The van der Waals surface area contributed by atoms with Crippen LogP contribution >= 0.6 is 11.8 Å². The maximum Gasteiger partial charge on any atom is 0.273 e. The number of unbranched alkanes of at least 4 members (excludes halogenated alkanes) is 2. The molecule has 10 nitrogen and oxygen atoms in total. The average Bonchev–Trinajstić information content (AvgIpc) is 3.17. The molecule has 1 saturated carbocycles. The summed E-state index contributed by atoms with van der Waals surface area (Å²) in [5.74, 6) is 1.38. The molecule has 2 N–H and O–H groups in total. The van der Waals surface area contributed by atoms with E-state index in [9.17, 15) is 20.3 Å². The van der Waals surface area contributed by atoms with Gasteiger partial charge in [0.25, 0.3) is 5.69 Å². The number of ether oxygens (including phenoxy) is 3. The number of thioether (sulfide) groups is 1. The Morgan fingerprint density at radius 3 is 2.53 bits per heavy atom. The highest BCUT2D eigenvalue weighted by Gasteiger charge is 2.63. The maximum atomic E-state index is 11.5. The molecule has 0 spiro atoms. The Morgan fingerprint density at radius 2 is 1.79 bits per heavy atom. The minimum Gasteiger partial charge on any atom is -0.460 e. The molecule has 1 fully saturated rings. The van der Waals surface area contributed by atoms with Gasteiger partial charge in [0.05, 0.1) is 34.5 Å². The van der Waals surface area contributed by atoms with Gasteiger partial charge in [-0.2, -0.15) is 11.8 Å². The number of rotatable bonds is 19. The first-order valence-corrected chi connectivity index (χ1v) is 19.8. The number of allylic oxidation sites excluding steroid dienone is 1. The second kappa shape index (κ2) is 18.2. The Labute approximate surface area is 316 Å². The molecule has 6 rings (SSSR count). The normalized spacial score (nSPS) is 25.1. The molecule has 0 aromatic heterocycles. The molecule has 0 bridgehead atoms. The number of oxime groups is 1. The van der Waals surface area contributed by atoms with Crippen LogP contribution in [0.3, 0.4) is 0 Å². The zero-order valence-corrected chi connectivity index (χ0v) is 31.1. The Kier molecular flexibility index (Phi) is 13.3. The highest BCUT2D eigenvalue weighted by Crippen LogP contribution is 2.62. The topological polar surface area (TPSA) is 133 Å². The van der Waals surface area contributed by atoms with E-state index in [1.165, 1.54) is 12.1 Å². The molecule has 3 aliphatic rings. The Bertz CT molecular complexity index is 1770. The van der Waals surface area contributed by atoms with E-state index < -0.39 is 10.7 Å². The number of nitro benzene ring substituents is 1. The molecule has 0 radical (unpaired) electrons. The Morgan fingerprint density at radius 1 is 1.02 bits per heavy atom. The number of aliphatic hydroxyl groups is 2. The fraction of sp³-hybridized carbons (Fsp3) is 0.452. The van der Waals surface area contributed by atoms with Crippen molar-refractivity contribution in [2.75, 3.05) is 25.6 Å². The number of benzene rings is 3. The second-order valence-corrected chi connectivity index (χ2v) is 15.3. The van der Waals surface area contributed by atoms with Crippen LogP contribution in [-0.4, -0.2) is 57.5 Å². The number of hydrogen-bond acceptors (Lipinski definition) is 10. The van der Waals surface area contributed by atoms with E-state index in [1.807, 2.05) is 48.5 Å². The van der Waals surface area contributed by atoms with Crippen LogP contribution in [0.4, 0.5) is 5.69 Å². The summed E-state index contributed by atoms with van der Waals surface area (Å²) in [4.78, 5) is 17.2. The van der Waals surface area contributed by atoms with E-state index in [4.69, 9.17) is 24.2 Å². The first-order chi connectivity index (χ1) is 25.9. The summed E-state index contributed by atoms with van der Waals surface area (Å²) in [7, 11) is 0. The molecular weight excluding hydrogens is 693 g/mol. The van der Waals surface area contributed by atoms with Crippen molar-refractivity contribution in [3.8, 4) is 17.2 Å². The molecule has 53 heavy (non-hydrogen) atoms. The molecule has 1 heterocycles. The zero-order valence-electron chi connectivity index (χ0n) is 30.3. The van der Waals surface area contributed by atoms with Crippen LogP contribution in [-0.2, 0) is 16.2 Å². The molecular formula is C42H50N2O8S. The van der Waals surface area contributed by atoms with E-state index >= 15 is 0 Å². The molecule has 6 atom stereocenters. The van der Waals surface area contributed by atoms with Gasteiger partial charge in [-0.1, -0.05) is 73.5 Å². The van der Waals surface area contributed by atoms with Gasteiger partial charge in [0.1, 0.15) is 23.9 Å². The van der Waals surface area contributed by atoms with E-state index in [2.05, 4.69) is 19.6 Å². The summed E-state index contributed by atoms with van der Waals surface area (Å²) in [5.41, 5.74) is 3.91. The van der Waals surface area contributed by atoms with E-state index in [0.717, 1.165) is 53.8 Å². The van der Waals surface area contributed by atoms with E-state index in [0.29, 0.717) is 49.7 Å². The molecule has 3 aromatic rings. The van der Waals surface area contributed by atoms with Crippen molar-refractivity contribution >= 4 is 23.2 Å². The van der Waals surface area contributed by atoms with Crippen molar-refractivity contribution < 1.29 is 34.2 Å². The summed E-state index contributed by atoms with van der Waals surface area (Å²) in [6, 6.07) is 22.0. The van der Waals surface area contributed by atoms with Crippen molar-refractivity contribution in [1.29, 1.82) is 0 Å².